The fourth-order valence-corrected chi connectivity index (χ4v) is 1.38. The van der Waals surface area contributed by atoms with Crippen molar-refractivity contribution in [1.82, 2.24) is 5.32 Å². The van der Waals surface area contributed by atoms with E-state index in [2.05, 4.69) is 5.32 Å². The van der Waals surface area contributed by atoms with E-state index in [1.54, 1.807) is 0 Å². The van der Waals surface area contributed by atoms with Gasteiger partial charge in [0.05, 0.1) is 39.0 Å². The smallest absolute Gasteiger partial charge is 0.303 e. The molecule has 0 bridgehead atoms. The Morgan fingerprint density at radius 3 is 2.24 bits per heavy atom. The molecule has 7 heteroatoms. The molecule has 2 N–H and O–H groups in total. The lowest BCUT2D eigenvalue weighted by Gasteiger charge is -2.08. The molecule has 0 unspecified atom stereocenters. The summed E-state index contributed by atoms with van der Waals surface area (Å²) in [4.78, 5) is 21.4. The Labute approximate surface area is 125 Å². The molecule has 0 aromatic rings. The molecule has 7 nitrogen and oxygen atoms in total. The number of hydrogen-bond acceptors (Lipinski definition) is 5. The number of carboxylic acid groups (broad SMARTS) is 1. The Morgan fingerprint density at radius 2 is 1.62 bits per heavy atom. The largest absolute Gasteiger partial charge is 0.481 e. The maximum Gasteiger partial charge on any atom is 0.303 e. The number of hydrogen-bond donors (Lipinski definition) is 2. The molecule has 0 spiro atoms. The average Bonchev–Trinajstić information content (AvgIpc) is 2.42. The summed E-state index contributed by atoms with van der Waals surface area (Å²) < 4.78 is 16.0. The Hall–Kier alpha value is -1.18. The minimum Gasteiger partial charge on any atom is -0.481 e. The van der Waals surface area contributed by atoms with Crippen LogP contribution in [0, 0.1) is 0 Å². The molecular formula is C14H27NO6. The van der Waals surface area contributed by atoms with Crippen molar-refractivity contribution in [3.05, 3.63) is 0 Å². The second kappa shape index (κ2) is 13.8. The van der Waals surface area contributed by atoms with Crippen LogP contribution >= 0.6 is 0 Å². The van der Waals surface area contributed by atoms with Crippen LogP contribution in [0.4, 0.5) is 0 Å². The van der Waals surface area contributed by atoms with Crippen LogP contribution in [0.5, 0.6) is 0 Å². The molecule has 0 saturated heterocycles. The summed E-state index contributed by atoms with van der Waals surface area (Å²) >= 11 is 0. The van der Waals surface area contributed by atoms with E-state index in [4.69, 9.17) is 19.3 Å². The standard InChI is InChI=1S/C14H27NO6/c1-12(2)21-11-10-20-9-8-19-7-3-6-15-13(16)4-5-14(17)18/h12H,3-11H2,1-2H3,(H,15,16)(H,17,18). The Kier molecular flexibility index (Phi) is 13.0. The first-order valence-electron chi connectivity index (χ1n) is 7.28. The summed E-state index contributed by atoms with van der Waals surface area (Å²) in [5.74, 6) is -1.21. The molecular weight excluding hydrogens is 278 g/mol. The molecule has 0 rings (SSSR count). The predicted octanol–water partition coefficient (Wildman–Crippen LogP) is 0.816. The van der Waals surface area contributed by atoms with Crippen LogP contribution in [0.2, 0.25) is 0 Å². The molecule has 1 amide bonds. The van der Waals surface area contributed by atoms with Gasteiger partial charge < -0.3 is 24.6 Å². The molecule has 0 radical (unpaired) electrons. The molecule has 0 saturated carbocycles. The highest BCUT2D eigenvalue weighted by atomic mass is 16.5. The van der Waals surface area contributed by atoms with Crippen molar-refractivity contribution in [2.75, 3.05) is 39.6 Å². The molecule has 0 aliphatic rings. The van der Waals surface area contributed by atoms with Gasteiger partial charge in [0, 0.05) is 19.6 Å². The maximum atomic E-state index is 11.2. The number of nitrogens with one attached hydrogen (secondary N) is 1. The molecule has 0 atom stereocenters. The fraction of sp³-hybridized carbons (Fsp3) is 0.857. The molecule has 124 valence electrons. The van der Waals surface area contributed by atoms with Gasteiger partial charge in [0.1, 0.15) is 0 Å². The van der Waals surface area contributed by atoms with Crippen LogP contribution in [-0.2, 0) is 23.8 Å². The van der Waals surface area contributed by atoms with Crippen molar-refractivity contribution in [1.29, 1.82) is 0 Å². The predicted molar refractivity (Wildman–Crippen MR) is 77.2 cm³/mol. The zero-order valence-corrected chi connectivity index (χ0v) is 12.9. The zero-order valence-electron chi connectivity index (χ0n) is 12.9. The number of aliphatic carboxylic acids is 1. The monoisotopic (exact) mass is 305 g/mol. The summed E-state index contributed by atoms with van der Waals surface area (Å²) in [6, 6.07) is 0. The van der Waals surface area contributed by atoms with Gasteiger partial charge in [-0.05, 0) is 20.3 Å². The second-order valence-electron chi connectivity index (χ2n) is 4.74. The number of carbonyl (C=O) groups excluding carboxylic acids is 1. The van der Waals surface area contributed by atoms with Crippen molar-refractivity contribution in [3.8, 4) is 0 Å². The third kappa shape index (κ3) is 16.8. The van der Waals surface area contributed by atoms with Gasteiger partial charge >= 0.3 is 5.97 Å². The summed E-state index contributed by atoms with van der Waals surface area (Å²) in [5.41, 5.74) is 0. The van der Waals surface area contributed by atoms with E-state index in [9.17, 15) is 9.59 Å². The Morgan fingerprint density at radius 1 is 1.00 bits per heavy atom. The van der Waals surface area contributed by atoms with E-state index >= 15 is 0 Å². The minimum atomic E-state index is -0.965. The van der Waals surface area contributed by atoms with Gasteiger partial charge in [-0.2, -0.15) is 0 Å². The van der Waals surface area contributed by atoms with Crippen LogP contribution in [0.3, 0.4) is 0 Å². The van der Waals surface area contributed by atoms with E-state index in [-0.39, 0.29) is 24.9 Å². The third-order valence-electron chi connectivity index (χ3n) is 2.40. The zero-order chi connectivity index (χ0) is 15.9. The van der Waals surface area contributed by atoms with Crippen molar-refractivity contribution in [2.45, 2.75) is 39.2 Å². The van der Waals surface area contributed by atoms with Crippen LogP contribution in [-0.4, -0.2) is 62.7 Å². The van der Waals surface area contributed by atoms with Crippen LogP contribution in [0.15, 0.2) is 0 Å². The van der Waals surface area contributed by atoms with Crippen molar-refractivity contribution < 1.29 is 28.9 Å². The molecule has 0 heterocycles. The highest BCUT2D eigenvalue weighted by Crippen LogP contribution is 1.90. The Bertz CT molecular complexity index is 283. The normalized spacial score (nSPS) is 10.8. The number of amides is 1. The molecule has 0 aromatic carbocycles. The summed E-state index contributed by atoms with van der Waals surface area (Å²) in [7, 11) is 0. The van der Waals surface area contributed by atoms with E-state index in [0.29, 0.717) is 46.0 Å². The molecule has 0 fully saturated rings. The van der Waals surface area contributed by atoms with Crippen LogP contribution < -0.4 is 5.32 Å². The van der Waals surface area contributed by atoms with Crippen molar-refractivity contribution >= 4 is 11.9 Å². The first-order chi connectivity index (χ1) is 10.0. The Balaban J connectivity index is 3.15. The summed E-state index contributed by atoms with van der Waals surface area (Å²) in [5, 5.41) is 11.1. The van der Waals surface area contributed by atoms with Gasteiger partial charge in [-0.3, -0.25) is 9.59 Å². The van der Waals surface area contributed by atoms with Gasteiger partial charge in [-0.1, -0.05) is 0 Å². The second-order valence-corrected chi connectivity index (χ2v) is 4.74. The summed E-state index contributed by atoms with van der Waals surface area (Å²) in [6.07, 6.45) is 0.786. The topological polar surface area (TPSA) is 94.1 Å². The van der Waals surface area contributed by atoms with E-state index < -0.39 is 5.97 Å². The minimum absolute atomic E-state index is 0.0163. The highest BCUT2D eigenvalue weighted by Gasteiger charge is 2.03. The van der Waals surface area contributed by atoms with Gasteiger partial charge in [0.25, 0.3) is 0 Å². The van der Waals surface area contributed by atoms with E-state index in [1.165, 1.54) is 0 Å². The SMILES string of the molecule is CC(C)OCCOCCOCCCNC(=O)CCC(=O)O. The maximum absolute atomic E-state index is 11.2. The van der Waals surface area contributed by atoms with E-state index in [1.807, 2.05) is 13.8 Å². The molecule has 0 aromatic heterocycles. The lowest BCUT2D eigenvalue weighted by molar-refractivity contribution is -0.138. The quantitative estimate of drug-likeness (QED) is 0.461. The van der Waals surface area contributed by atoms with Gasteiger partial charge in [-0.25, -0.2) is 0 Å². The number of carbonyl (C=O) groups is 2. The highest BCUT2D eigenvalue weighted by molar-refractivity contribution is 5.80. The molecule has 0 aliphatic heterocycles. The van der Waals surface area contributed by atoms with E-state index in [0.717, 1.165) is 0 Å². The lowest BCUT2D eigenvalue weighted by Crippen LogP contribution is -2.25. The van der Waals surface area contributed by atoms with Gasteiger partial charge in [0.15, 0.2) is 0 Å². The number of carboxylic acids is 1. The summed E-state index contributed by atoms with van der Waals surface area (Å²) in [6.45, 7) is 7.14. The first kappa shape index (κ1) is 19.8. The van der Waals surface area contributed by atoms with Crippen LogP contribution in [0.25, 0.3) is 0 Å². The first-order valence-corrected chi connectivity index (χ1v) is 7.28. The number of ether oxygens (including phenoxy) is 3. The number of rotatable bonds is 14. The fourth-order valence-electron chi connectivity index (χ4n) is 1.38. The van der Waals surface area contributed by atoms with Crippen molar-refractivity contribution in [3.63, 3.8) is 0 Å². The van der Waals surface area contributed by atoms with Gasteiger partial charge in [0.2, 0.25) is 5.91 Å². The van der Waals surface area contributed by atoms with Crippen molar-refractivity contribution in [2.24, 2.45) is 0 Å². The lowest BCUT2D eigenvalue weighted by atomic mass is 10.3. The van der Waals surface area contributed by atoms with Crippen LogP contribution in [0.1, 0.15) is 33.1 Å². The molecule has 21 heavy (non-hydrogen) atoms. The molecule has 0 aliphatic carbocycles. The average molecular weight is 305 g/mol. The third-order valence-corrected chi connectivity index (χ3v) is 2.40. The van der Waals surface area contributed by atoms with Gasteiger partial charge in [-0.15, -0.1) is 0 Å².